The molecule has 104 valence electrons. The van der Waals surface area contributed by atoms with Gasteiger partial charge in [0.25, 0.3) is 0 Å². The van der Waals surface area contributed by atoms with Crippen LogP contribution in [-0.4, -0.2) is 71.2 Å². The molecule has 0 amide bonds. The van der Waals surface area contributed by atoms with E-state index in [9.17, 15) is 0 Å². The molecular weight excluding hydrogens is 220 g/mol. The van der Waals surface area contributed by atoms with Gasteiger partial charge >= 0.3 is 0 Å². The van der Waals surface area contributed by atoms with E-state index in [2.05, 4.69) is 11.8 Å². The molecule has 5 nitrogen and oxygen atoms in total. The predicted octanol–water partition coefficient (Wildman–Crippen LogP) is 0.337. The van der Waals surface area contributed by atoms with Gasteiger partial charge in [-0.3, -0.25) is 0 Å². The third-order valence-electron chi connectivity index (χ3n) is 2.48. The van der Waals surface area contributed by atoms with Crippen molar-refractivity contribution in [2.24, 2.45) is 5.73 Å². The van der Waals surface area contributed by atoms with Crippen molar-refractivity contribution < 1.29 is 14.2 Å². The number of methoxy groups -OCH3 is 1. The number of likely N-dealkylation sites (N-methyl/N-ethyl adjacent to an activating group) is 1. The van der Waals surface area contributed by atoms with Crippen LogP contribution in [0.15, 0.2) is 0 Å². The zero-order valence-corrected chi connectivity index (χ0v) is 11.3. The molecule has 0 aromatic heterocycles. The second kappa shape index (κ2) is 13.9. The van der Waals surface area contributed by atoms with Crippen LogP contribution in [0.4, 0.5) is 0 Å². The highest BCUT2D eigenvalue weighted by atomic mass is 16.5. The lowest BCUT2D eigenvalue weighted by molar-refractivity contribution is 0.0197. The van der Waals surface area contributed by atoms with Crippen LogP contribution >= 0.6 is 0 Å². The lowest BCUT2D eigenvalue weighted by atomic mass is 10.4. The Morgan fingerprint density at radius 1 is 0.941 bits per heavy atom. The molecule has 0 unspecified atom stereocenters. The fraction of sp³-hybridized carbons (Fsp3) is 1.00. The molecule has 5 heteroatoms. The van der Waals surface area contributed by atoms with Crippen molar-refractivity contribution in [1.82, 2.24) is 4.90 Å². The number of nitrogens with zero attached hydrogens (tertiary/aromatic N) is 1. The molecule has 0 aliphatic rings. The van der Waals surface area contributed by atoms with Crippen molar-refractivity contribution in [2.45, 2.75) is 13.3 Å². The maximum atomic E-state index is 5.49. The number of ether oxygens (including phenoxy) is 3. The fourth-order valence-corrected chi connectivity index (χ4v) is 1.40. The SMILES string of the molecule is CCN(CCCN)CCOCCOCCOC. The Hall–Kier alpha value is -0.200. The molecule has 0 aromatic carbocycles. The Morgan fingerprint density at radius 2 is 1.59 bits per heavy atom. The summed E-state index contributed by atoms with van der Waals surface area (Å²) in [6.07, 6.45) is 1.05. The van der Waals surface area contributed by atoms with E-state index < -0.39 is 0 Å². The van der Waals surface area contributed by atoms with Crippen molar-refractivity contribution in [3.63, 3.8) is 0 Å². The molecule has 0 rings (SSSR count). The molecule has 0 fully saturated rings. The fourth-order valence-electron chi connectivity index (χ4n) is 1.40. The molecule has 0 aromatic rings. The van der Waals surface area contributed by atoms with E-state index in [0.29, 0.717) is 26.4 Å². The zero-order valence-electron chi connectivity index (χ0n) is 11.3. The summed E-state index contributed by atoms with van der Waals surface area (Å²) < 4.78 is 15.6. The number of hydrogen-bond acceptors (Lipinski definition) is 5. The lowest BCUT2D eigenvalue weighted by Crippen LogP contribution is -2.30. The van der Waals surface area contributed by atoms with Gasteiger partial charge in [-0.2, -0.15) is 0 Å². The van der Waals surface area contributed by atoms with Crippen LogP contribution in [0.2, 0.25) is 0 Å². The first-order valence-corrected chi connectivity index (χ1v) is 6.42. The van der Waals surface area contributed by atoms with Crippen LogP contribution in [-0.2, 0) is 14.2 Å². The maximum Gasteiger partial charge on any atom is 0.0701 e. The minimum absolute atomic E-state index is 0.636. The van der Waals surface area contributed by atoms with E-state index in [1.54, 1.807) is 7.11 Å². The maximum absolute atomic E-state index is 5.49. The normalized spacial score (nSPS) is 11.3. The molecule has 2 N–H and O–H groups in total. The van der Waals surface area contributed by atoms with Crippen molar-refractivity contribution in [3.8, 4) is 0 Å². The summed E-state index contributed by atoms with van der Waals surface area (Å²) in [7, 11) is 1.67. The molecule has 0 saturated carbocycles. The molecule has 0 bridgehead atoms. The molecule has 0 aliphatic heterocycles. The molecule has 17 heavy (non-hydrogen) atoms. The van der Waals surface area contributed by atoms with Crippen molar-refractivity contribution in [2.75, 3.05) is 66.3 Å². The number of rotatable bonds is 13. The number of hydrogen-bond donors (Lipinski definition) is 1. The Kier molecular flexibility index (Phi) is 13.7. The lowest BCUT2D eigenvalue weighted by Gasteiger charge is -2.19. The largest absolute Gasteiger partial charge is 0.382 e. The third kappa shape index (κ3) is 12.1. The summed E-state index contributed by atoms with van der Waals surface area (Å²) in [4.78, 5) is 2.35. The van der Waals surface area contributed by atoms with Gasteiger partial charge in [-0.05, 0) is 26.1 Å². The van der Waals surface area contributed by atoms with E-state index in [1.165, 1.54) is 0 Å². The molecular formula is C12H28N2O3. The molecule has 0 spiro atoms. The molecule has 0 radical (unpaired) electrons. The van der Waals surface area contributed by atoms with Crippen LogP contribution in [0.3, 0.4) is 0 Å². The second-order valence-corrected chi connectivity index (χ2v) is 3.79. The summed E-state index contributed by atoms with van der Waals surface area (Å²) in [6.45, 7) is 9.31. The van der Waals surface area contributed by atoms with Crippen LogP contribution in [0.1, 0.15) is 13.3 Å². The van der Waals surface area contributed by atoms with E-state index in [-0.39, 0.29) is 0 Å². The van der Waals surface area contributed by atoms with Gasteiger partial charge < -0.3 is 24.8 Å². The zero-order chi connectivity index (χ0) is 12.8. The minimum atomic E-state index is 0.636. The standard InChI is InChI=1S/C12H28N2O3/c1-3-14(6-4-5-13)7-8-16-11-12-17-10-9-15-2/h3-13H2,1-2H3. The Morgan fingerprint density at radius 3 is 2.18 bits per heavy atom. The van der Waals surface area contributed by atoms with Gasteiger partial charge in [0.05, 0.1) is 33.0 Å². The molecule has 0 saturated heterocycles. The van der Waals surface area contributed by atoms with Crippen LogP contribution in [0.25, 0.3) is 0 Å². The first kappa shape index (κ1) is 16.8. The Bertz CT molecular complexity index is 148. The molecule has 0 aliphatic carbocycles. The van der Waals surface area contributed by atoms with E-state index in [0.717, 1.165) is 39.2 Å². The summed E-state index contributed by atoms with van der Waals surface area (Å²) >= 11 is 0. The summed E-state index contributed by atoms with van der Waals surface area (Å²) in [5.41, 5.74) is 5.48. The van der Waals surface area contributed by atoms with Crippen LogP contribution < -0.4 is 5.73 Å². The van der Waals surface area contributed by atoms with Crippen molar-refractivity contribution in [1.29, 1.82) is 0 Å². The van der Waals surface area contributed by atoms with Gasteiger partial charge in [0, 0.05) is 13.7 Å². The van der Waals surface area contributed by atoms with Crippen LogP contribution in [0.5, 0.6) is 0 Å². The van der Waals surface area contributed by atoms with Gasteiger partial charge in [0.15, 0.2) is 0 Å². The van der Waals surface area contributed by atoms with Crippen molar-refractivity contribution in [3.05, 3.63) is 0 Å². The second-order valence-electron chi connectivity index (χ2n) is 3.79. The van der Waals surface area contributed by atoms with Gasteiger partial charge in [-0.15, -0.1) is 0 Å². The predicted molar refractivity (Wildman–Crippen MR) is 69.3 cm³/mol. The highest BCUT2D eigenvalue weighted by Gasteiger charge is 2.00. The highest BCUT2D eigenvalue weighted by Crippen LogP contribution is 1.90. The van der Waals surface area contributed by atoms with E-state index in [1.807, 2.05) is 0 Å². The topological polar surface area (TPSA) is 57.0 Å². The van der Waals surface area contributed by atoms with Gasteiger partial charge in [0.2, 0.25) is 0 Å². The van der Waals surface area contributed by atoms with Gasteiger partial charge in [0.1, 0.15) is 0 Å². The highest BCUT2D eigenvalue weighted by molar-refractivity contribution is 4.55. The average Bonchev–Trinajstić information content (AvgIpc) is 2.36. The number of nitrogens with two attached hydrogens (primary N) is 1. The monoisotopic (exact) mass is 248 g/mol. The third-order valence-corrected chi connectivity index (χ3v) is 2.48. The van der Waals surface area contributed by atoms with Gasteiger partial charge in [-0.1, -0.05) is 6.92 Å². The Balaban J connectivity index is 3.19. The first-order chi connectivity index (χ1) is 8.35. The quantitative estimate of drug-likeness (QED) is 0.476. The minimum Gasteiger partial charge on any atom is -0.382 e. The van der Waals surface area contributed by atoms with E-state index >= 15 is 0 Å². The van der Waals surface area contributed by atoms with Crippen molar-refractivity contribution >= 4 is 0 Å². The molecule has 0 heterocycles. The molecule has 0 atom stereocenters. The van der Waals surface area contributed by atoms with E-state index in [4.69, 9.17) is 19.9 Å². The Labute approximate surface area is 105 Å². The average molecular weight is 248 g/mol. The smallest absolute Gasteiger partial charge is 0.0701 e. The summed E-state index contributed by atoms with van der Waals surface area (Å²) in [6, 6.07) is 0. The van der Waals surface area contributed by atoms with Gasteiger partial charge in [-0.25, -0.2) is 0 Å². The summed E-state index contributed by atoms with van der Waals surface area (Å²) in [5.74, 6) is 0. The summed E-state index contributed by atoms with van der Waals surface area (Å²) in [5, 5.41) is 0. The van der Waals surface area contributed by atoms with Crippen LogP contribution in [0, 0.1) is 0 Å². The first-order valence-electron chi connectivity index (χ1n) is 6.42.